The Kier molecular flexibility index (Phi) is 7.79. The Bertz CT molecular complexity index is 1310. The first-order valence-corrected chi connectivity index (χ1v) is 10.8. The second kappa shape index (κ2) is 10.6. The molecule has 0 aliphatic rings. The van der Waals surface area contributed by atoms with E-state index in [9.17, 15) is 23.2 Å². The Morgan fingerprint density at radius 3 is 2.56 bits per heavy atom. The topological polar surface area (TPSA) is 129 Å². The highest BCUT2D eigenvalue weighted by Crippen LogP contribution is 2.26. The molecule has 0 spiro atoms. The first-order valence-electron chi connectivity index (χ1n) is 10.0. The number of pyridine rings is 1. The summed E-state index contributed by atoms with van der Waals surface area (Å²) in [5, 5.41) is 2.62. The molecule has 2 aromatic carbocycles. The molecule has 0 saturated carbocycles. The Labute approximate surface area is 201 Å². The highest BCUT2D eigenvalue weighted by atomic mass is 79.9. The maximum absolute atomic E-state index is 14.0. The minimum absolute atomic E-state index is 0.0155. The van der Waals surface area contributed by atoms with Crippen molar-refractivity contribution >= 4 is 27.7 Å². The van der Waals surface area contributed by atoms with Gasteiger partial charge in [-0.15, -0.1) is 0 Å². The number of primary amides is 1. The molecular weight excluding hydrogens is 514 g/mol. The van der Waals surface area contributed by atoms with Crippen molar-refractivity contribution in [3.8, 4) is 11.4 Å². The van der Waals surface area contributed by atoms with Crippen molar-refractivity contribution < 1.29 is 23.1 Å². The van der Waals surface area contributed by atoms with Gasteiger partial charge in [0.15, 0.2) is 0 Å². The van der Waals surface area contributed by atoms with Crippen LogP contribution in [0.4, 0.5) is 8.78 Å². The minimum atomic E-state index is -0.794. The fourth-order valence-corrected chi connectivity index (χ4v) is 3.47. The smallest absolute Gasteiger partial charge is 0.273 e. The Hall–Kier alpha value is -3.57. The molecule has 5 N–H and O–H groups in total. The van der Waals surface area contributed by atoms with Crippen LogP contribution in [0.25, 0.3) is 5.69 Å². The summed E-state index contributed by atoms with van der Waals surface area (Å²) >= 11 is 3.21. The van der Waals surface area contributed by atoms with Crippen LogP contribution in [0.3, 0.4) is 0 Å². The summed E-state index contributed by atoms with van der Waals surface area (Å²) in [6.07, 6.45) is 0. The summed E-state index contributed by atoms with van der Waals surface area (Å²) in [5.74, 6) is -2.58. The van der Waals surface area contributed by atoms with Crippen LogP contribution < -0.4 is 27.1 Å². The zero-order chi connectivity index (χ0) is 25.0. The van der Waals surface area contributed by atoms with E-state index >= 15 is 0 Å². The molecule has 0 saturated heterocycles. The van der Waals surface area contributed by atoms with Crippen LogP contribution in [-0.4, -0.2) is 22.4 Å². The molecule has 11 heteroatoms. The molecule has 0 aliphatic carbocycles. The number of nitrogens with two attached hydrogens (primary N) is 2. The molecule has 3 aromatic rings. The monoisotopic (exact) mass is 534 g/mol. The Morgan fingerprint density at radius 2 is 1.91 bits per heavy atom. The van der Waals surface area contributed by atoms with E-state index in [2.05, 4.69) is 21.2 Å². The predicted octanol–water partition coefficient (Wildman–Crippen LogP) is 2.52. The zero-order valence-corrected chi connectivity index (χ0v) is 19.6. The molecule has 0 aliphatic heterocycles. The Balaban J connectivity index is 2.05. The minimum Gasteiger partial charge on any atom is -0.487 e. The molecule has 1 aromatic heterocycles. The van der Waals surface area contributed by atoms with Crippen LogP contribution in [-0.2, 0) is 17.9 Å². The number of hydrogen-bond acceptors (Lipinski definition) is 5. The number of halogens is 3. The van der Waals surface area contributed by atoms with Crippen molar-refractivity contribution in [2.24, 2.45) is 11.5 Å². The normalized spacial score (nSPS) is 11.7. The fourth-order valence-electron chi connectivity index (χ4n) is 3.06. The van der Waals surface area contributed by atoms with E-state index in [0.29, 0.717) is 11.4 Å². The van der Waals surface area contributed by atoms with Gasteiger partial charge in [-0.3, -0.25) is 19.0 Å². The number of carbonyl (C=O) groups is 2. The Morgan fingerprint density at radius 1 is 1.18 bits per heavy atom. The summed E-state index contributed by atoms with van der Waals surface area (Å²) in [5.41, 5.74) is 11.3. The van der Waals surface area contributed by atoms with E-state index in [0.717, 1.165) is 12.1 Å². The molecule has 3 rings (SSSR count). The number of benzene rings is 2. The average Bonchev–Trinajstić information content (AvgIpc) is 2.79. The molecule has 1 heterocycles. The number of carbonyl (C=O) groups excluding carboxylic acids is 2. The first kappa shape index (κ1) is 25.1. The van der Waals surface area contributed by atoms with Gasteiger partial charge in [0.25, 0.3) is 5.56 Å². The molecule has 0 radical (unpaired) electrons. The van der Waals surface area contributed by atoms with Crippen molar-refractivity contribution in [3.63, 3.8) is 0 Å². The second-order valence-electron chi connectivity index (χ2n) is 7.40. The number of nitrogens with one attached hydrogen (secondary N) is 1. The van der Waals surface area contributed by atoms with Crippen LogP contribution in [0.2, 0.25) is 0 Å². The summed E-state index contributed by atoms with van der Waals surface area (Å²) in [6.45, 7) is 1.12. The number of ether oxygens (including phenoxy) is 1. The number of amides is 2. The summed E-state index contributed by atoms with van der Waals surface area (Å²) in [6, 6.07) is 9.82. The number of hydrogen-bond donors (Lipinski definition) is 3. The second-order valence-corrected chi connectivity index (χ2v) is 8.19. The van der Waals surface area contributed by atoms with Crippen LogP contribution in [0, 0.1) is 11.6 Å². The molecular formula is C23H21BrF2N4O4. The zero-order valence-electron chi connectivity index (χ0n) is 18.0. The quantitative estimate of drug-likeness (QED) is 0.408. The summed E-state index contributed by atoms with van der Waals surface area (Å²) in [4.78, 5) is 36.9. The SMILES string of the molecule is C[C@H](N)C(=O)NCc1cc(OCc2ccc(F)cc2F)c(Br)c(=O)n1-c1cccc(C(N)=O)c1. The van der Waals surface area contributed by atoms with Crippen molar-refractivity contribution in [3.05, 3.63) is 91.8 Å². The lowest BCUT2D eigenvalue weighted by atomic mass is 10.1. The number of nitrogens with zero attached hydrogens (tertiary/aromatic N) is 1. The van der Waals surface area contributed by atoms with Crippen LogP contribution in [0.5, 0.6) is 5.75 Å². The van der Waals surface area contributed by atoms with Gasteiger partial charge in [-0.25, -0.2) is 8.78 Å². The third kappa shape index (κ3) is 5.67. The lowest BCUT2D eigenvalue weighted by Crippen LogP contribution is -2.39. The van der Waals surface area contributed by atoms with Crippen molar-refractivity contribution in [2.75, 3.05) is 0 Å². The number of rotatable bonds is 8. The average molecular weight is 535 g/mol. The van der Waals surface area contributed by atoms with Crippen molar-refractivity contribution in [2.45, 2.75) is 26.1 Å². The summed E-state index contributed by atoms with van der Waals surface area (Å²) < 4.78 is 34.1. The van der Waals surface area contributed by atoms with E-state index in [1.807, 2.05) is 0 Å². The van der Waals surface area contributed by atoms with Crippen LogP contribution in [0.1, 0.15) is 28.5 Å². The van der Waals surface area contributed by atoms with E-state index in [4.69, 9.17) is 16.2 Å². The van der Waals surface area contributed by atoms with Gasteiger partial charge in [0.1, 0.15) is 28.5 Å². The largest absolute Gasteiger partial charge is 0.487 e. The van der Waals surface area contributed by atoms with Gasteiger partial charge in [0.2, 0.25) is 11.8 Å². The molecule has 178 valence electrons. The van der Waals surface area contributed by atoms with Crippen LogP contribution >= 0.6 is 15.9 Å². The number of aromatic nitrogens is 1. The van der Waals surface area contributed by atoms with Crippen LogP contribution in [0.15, 0.2) is 57.8 Å². The predicted molar refractivity (Wildman–Crippen MR) is 124 cm³/mol. The standard InChI is InChI=1S/C23H21BrF2N4O4/c1-12(27)22(32)29-10-17-9-19(34-11-14-5-6-15(25)8-18(14)26)20(24)23(33)30(17)16-4-2-3-13(7-16)21(28)31/h2-9,12H,10-11,27H2,1H3,(H2,28,31)(H,29,32)/t12-/m0/s1. The van der Waals surface area contributed by atoms with Gasteiger partial charge < -0.3 is 21.5 Å². The molecule has 2 amide bonds. The van der Waals surface area contributed by atoms with Gasteiger partial charge in [0.05, 0.1) is 12.6 Å². The third-order valence-corrected chi connectivity index (χ3v) is 5.57. The maximum atomic E-state index is 14.0. The fraction of sp³-hybridized carbons (Fsp3) is 0.174. The van der Waals surface area contributed by atoms with E-state index in [1.54, 1.807) is 12.1 Å². The van der Waals surface area contributed by atoms with Gasteiger partial charge in [-0.05, 0) is 53.2 Å². The van der Waals surface area contributed by atoms with Crippen molar-refractivity contribution in [1.82, 2.24) is 9.88 Å². The highest BCUT2D eigenvalue weighted by Gasteiger charge is 2.18. The summed E-state index contributed by atoms with van der Waals surface area (Å²) in [7, 11) is 0. The van der Waals surface area contributed by atoms with E-state index < -0.39 is 35.0 Å². The van der Waals surface area contributed by atoms with Gasteiger partial charge >= 0.3 is 0 Å². The van der Waals surface area contributed by atoms with Crippen molar-refractivity contribution in [1.29, 1.82) is 0 Å². The lowest BCUT2D eigenvalue weighted by Gasteiger charge is -2.18. The maximum Gasteiger partial charge on any atom is 0.273 e. The highest BCUT2D eigenvalue weighted by molar-refractivity contribution is 9.10. The molecule has 0 bridgehead atoms. The molecule has 8 nitrogen and oxygen atoms in total. The molecule has 0 fully saturated rings. The molecule has 34 heavy (non-hydrogen) atoms. The van der Waals surface area contributed by atoms with Gasteiger partial charge in [0, 0.05) is 34.6 Å². The third-order valence-electron chi connectivity index (χ3n) is 4.84. The van der Waals surface area contributed by atoms with Gasteiger partial charge in [-0.2, -0.15) is 0 Å². The first-order chi connectivity index (χ1) is 16.1. The van der Waals surface area contributed by atoms with E-state index in [-0.39, 0.29) is 34.5 Å². The van der Waals surface area contributed by atoms with E-state index in [1.165, 1.54) is 35.8 Å². The molecule has 1 atom stereocenters. The lowest BCUT2D eigenvalue weighted by molar-refractivity contribution is -0.122. The van der Waals surface area contributed by atoms with Gasteiger partial charge in [-0.1, -0.05) is 6.07 Å². The molecule has 0 unspecified atom stereocenters.